The number of esters is 2. The molecule has 2 aromatic rings. The number of terminal acetylenes is 1. The molecule has 10 nitrogen and oxygen atoms in total. The zero-order valence-electron chi connectivity index (χ0n) is 17.7. The van der Waals surface area contributed by atoms with Crippen LogP contribution in [0.1, 0.15) is 20.7 Å². The second-order valence-corrected chi connectivity index (χ2v) is 8.75. The van der Waals surface area contributed by atoms with Crippen molar-refractivity contribution in [3.8, 4) is 12.3 Å². The van der Waals surface area contributed by atoms with Crippen molar-refractivity contribution in [1.82, 2.24) is 4.72 Å². The molecule has 5 atom stereocenters. The lowest BCUT2D eigenvalue weighted by Gasteiger charge is -2.47. The van der Waals surface area contributed by atoms with Crippen molar-refractivity contribution in [3.63, 3.8) is 0 Å². The van der Waals surface area contributed by atoms with Crippen LogP contribution in [0.2, 0.25) is 0 Å². The smallest absolute Gasteiger partial charge is 0.338 e. The average Bonchev–Trinajstić information content (AvgIpc) is 2.84. The molecule has 2 fully saturated rings. The van der Waals surface area contributed by atoms with Crippen LogP contribution in [-0.4, -0.2) is 64.2 Å². The summed E-state index contributed by atoms with van der Waals surface area (Å²) in [5, 5.41) is 0. The van der Waals surface area contributed by atoms with Gasteiger partial charge in [0.05, 0.1) is 11.1 Å². The van der Waals surface area contributed by atoms with Gasteiger partial charge in [0.2, 0.25) is 0 Å². The first-order valence-corrected chi connectivity index (χ1v) is 11.7. The molecule has 2 aromatic carbocycles. The minimum absolute atomic E-state index is 0.204. The largest absolute Gasteiger partial charge is 0.459 e. The summed E-state index contributed by atoms with van der Waals surface area (Å²) in [7, 11) is -4.25. The van der Waals surface area contributed by atoms with Crippen molar-refractivity contribution in [3.05, 3.63) is 71.8 Å². The molecule has 0 spiro atoms. The Morgan fingerprint density at radius 3 is 2.24 bits per heavy atom. The van der Waals surface area contributed by atoms with Crippen LogP contribution >= 0.6 is 0 Å². The molecule has 2 aliphatic rings. The third kappa shape index (κ3) is 5.44. The lowest BCUT2D eigenvalue weighted by Crippen LogP contribution is -2.70. The lowest BCUT2D eigenvalue weighted by molar-refractivity contribution is -0.265. The van der Waals surface area contributed by atoms with Crippen molar-refractivity contribution in [2.75, 3.05) is 13.2 Å². The third-order valence-corrected chi connectivity index (χ3v) is 6.17. The van der Waals surface area contributed by atoms with Gasteiger partial charge in [0.15, 0.2) is 12.4 Å². The Morgan fingerprint density at radius 1 is 1.00 bits per heavy atom. The molecule has 0 radical (unpaired) electrons. The molecule has 2 aliphatic heterocycles. The molecule has 0 saturated carbocycles. The molecule has 4 rings (SSSR count). The molecule has 0 unspecified atom stereocenters. The van der Waals surface area contributed by atoms with E-state index in [9.17, 15) is 18.0 Å². The fraction of sp³-hybridized carbons (Fsp3) is 0.304. The van der Waals surface area contributed by atoms with Crippen LogP contribution in [-0.2, 0) is 33.4 Å². The van der Waals surface area contributed by atoms with Gasteiger partial charge < -0.3 is 18.9 Å². The summed E-state index contributed by atoms with van der Waals surface area (Å²) in [5.74, 6) is 0.917. The van der Waals surface area contributed by atoms with E-state index in [1.807, 2.05) is 0 Å². The first-order chi connectivity index (χ1) is 16.4. The molecular formula is C23H21NO9S. The van der Waals surface area contributed by atoms with Gasteiger partial charge in [-0.15, -0.1) is 6.42 Å². The topological polar surface area (TPSA) is 126 Å². The van der Waals surface area contributed by atoms with Crippen molar-refractivity contribution >= 4 is 22.2 Å². The molecule has 2 saturated heterocycles. The fourth-order valence-corrected chi connectivity index (χ4v) is 4.77. The Labute approximate surface area is 196 Å². The van der Waals surface area contributed by atoms with E-state index in [1.165, 1.54) is 0 Å². The van der Waals surface area contributed by atoms with Gasteiger partial charge in [-0.2, -0.15) is 13.1 Å². The van der Waals surface area contributed by atoms with E-state index in [4.69, 9.17) is 29.6 Å². The second-order valence-electron chi connectivity index (χ2n) is 7.42. The Balaban J connectivity index is 1.58. The van der Waals surface area contributed by atoms with E-state index in [0.29, 0.717) is 5.56 Å². The van der Waals surface area contributed by atoms with Gasteiger partial charge in [0.1, 0.15) is 31.5 Å². The van der Waals surface area contributed by atoms with Gasteiger partial charge in [-0.05, 0) is 24.3 Å². The van der Waals surface area contributed by atoms with Crippen LogP contribution in [0, 0.1) is 12.3 Å². The highest BCUT2D eigenvalue weighted by molar-refractivity contribution is 7.84. The minimum Gasteiger partial charge on any atom is -0.459 e. The predicted molar refractivity (Wildman–Crippen MR) is 117 cm³/mol. The van der Waals surface area contributed by atoms with E-state index in [2.05, 4.69) is 10.6 Å². The van der Waals surface area contributed by atoms with E-state index in [0.717, 1.165) is 0 Å². The molecule has 178 valence electrons. The van der Waals surface area contributed by atoms with Crippen molar-refractivity contribution in [1.29, 1.82) is 0 Å². The van der Waals surface area contributed by atoms with Crippen LogP contribution in [0.25, 0.3) is 0 Å². The van der Waals surface area contributed by atoms with Crippen molar-refractivity contribution < 1.29 is 41.1 Å². The summed E-state index contributed by atoms with van der Waals surface area (Å²) in [6.07, 6.45) is 0.423. The monoisotopic (exact) mass is 487 g/mol. The number of carbonyl (C=O) groups excluding carboxylic acids is 2. The molecule has 0 aliphatic carbocycles. The lowest BCUT2D eigenvalue weighted by atomic mass is 9.97. The van der Waals surface area contributed by atoms with Crippen LogP contribution in [0.4, 0.5) is 0 Å². The number of hydrogen-bond donors (Lipinski definition) is 1. The molecular weight excluding hydrogens is 466 g/mol. The molecule has 11 heteroatoms. The molecule has 0 amide bonds. The summed E-state index contributed by atoms with van der Waals surface area (Å²) in [5.41, 5.74) is 0.547. The number of carbonyl (C=O) groups is 2. The summed E-state index contributed by atoms with van der Waals surface area (Å²) < 4.78 is 54.4. The summed E-state index contributed by atoms with van der Waals surface area (Å²) in [4.78, 5) is 25.1. The molecule has 1 N–H and O–H groups in total. The highest BCUT2D eigenvalue weighted by Crippen LogP contribution is 2.32. The highest BCUT2D eigenvalue weighted by atomic mass is 32.2. The fourth-order valence-electron chi connectivity index (χ4n) is 3.61. The summed E-state index contributed by atoms with van der Waals surface area (Å²) in [6, 6.07) is 15.2. The maximum atomic E-state index is 12.7. The zero-order chi connectivity index (χ0) is 24.1. The molecule has 0 aromatic heterocycles. The van der Waals surface area contributed by atoms with E-state index < -0.39 is 59.5 Å². The molecule has 34 heavy (non-hydrogen) atoms. The number of fused-ring (bicyclic) bond motifs is 2. The van der Waals surface area contributed by atoms with Gasteiger partial charge in [-0.25, -0.2) is 13.8 Å². The van der Waals surface area contributed by atoms with Gasteiger partial charge in [-0.3, -0.25) is 0 Å². The highest BCUT2D eigenvalue weighted by Gasteiger charge is 2.56. The summed E-state index contributed by atoms with van der Waals surface area (Å²) in [6.45, 7) is -0.597. The predicted octanol–water partition coefficient (Wildman–Crippen LogP) is 1.05. The quantitative estimate of drug-likeness (QED) is 0.450. The maximum Gasteiger partial charge on any atom is 0.338 e. The standard InChI is InChI=1S/C23H21NO9S/c1-2-13-29-23-18-20(32-22(26)16-11-7-4-8-12-16)19(33-34(27,28)24-18)17(31-23)14-30-21(25)15-9-5-3-6-10-15/h1,3-12,17-20,23-24H,13-14H2/t17-,18-,19-,20-,23-/m1/s1. The SMILES string of the molecule is C#CCO[C@@H]1O[C@H](COC(=O)c2ccccc2)[C@H]2OS(=O)(=O)N[C@@H]1[C@H]2OC(=O)c1ccccc1. The number of rotatable bonds is 7. The number of hydrogen-bond acceptors (Lipinski definition) is 9. The van der Waals surface area contributed by atoms with Crippen LogP contribution in [0.15, 0.2) is 60.7 Å². The van der Waals surface area contributed by atoms with Gasteiger partial charge in [0.25, 0.3) is 0 Å². The molecule has 2 heterocycles. The molecule has 2 bridgehead atoms. The van der Waals surface area contributed by atoms with Crippen LogP contribution < -0.4 is 4.72 Å². The average molecular weight is 487 g/mol. The van der Waals surface area contributed by atoms with Gasteiger partial charge in [0, 0.05) is 0 Å². The number of nitrogens with one attached hydrogen (secondary N) is 1. The third-order valence-electron chi connectivity index (χ3n) is 5.14. The van der Waals surface area contributed by atoms with Crippen LogP contribution in [0.3, 0.4) is 0 Å². The first kappa shape index (κ1) is 23.9. The zero-order valence-corrected chi connectivity index (χ0v) is 18.6. The van der Waals surface area contributed by atoms with Crippen molar-refractivity contribution in [2.24, 2.45) is 0 Å². The first-order valence-electron chi connectivity index (χ1n) is 10.3. The Morgan fingerprint density at radius 2 is 1.62 bits per heavy atom. The van der Waals surface area contributed by atoms with E-state index >= 15 is 0 Å². The second kappa shape index (κ2) is 10.3. The van der Waals surface area contributed by atoms with E-state index in [1.54, 1.807) is 60.7 Å². The van der Waals surface area contributed by atoms with E-state index in [-0.39, 0.29) is 12.2 Å². The normalized spacial score (nSPS) is 27.2. The Hall–Kier alpha value is -3.27. The number of ether oxygens (including phenoxy) is 4. The Bertz CT molecular complexity index is 1160. The van der Waals surface area contributed by atoms with Gasteiger partial charge in [-0.1, -0.05) is 42.3 Å². The number of benzene rings is 2. The maximum absolute atomic E-state index is 12.7. The van der Waals surface area contributed by atoms with Crippen molar-refractivity contribution in [2.45, 2.75) is 30.6 Å². The van der Waals surface area contributed by atoms with Gasteiger partial charge >= 0.3 is 22.2 Å². The summed E-state index contributed by atoms with van der Waals surface area (Å²) >= 11 is 0. The van der Waals surface area contributed by atoms with Crippen LogP contribution in [0.5, 0.6) is 0 Å². The minimum atomic E-state index is -4.25. The Kier molecular flexibility index (Phi) is 7.26.